The molecule has 1 fully saturated rings. The molecule has 0 radical (unpaired) electrons. The van der Waals surface area contributed by atoms with Gasteiger partial charge in [0.1, 0.15) is 6.17 Å². The molecule has 2 aromatic rings. The molecule has 0 spiro atoms. The highest BCUT2D eigenvalue weighted by Crippen LogP contribution is 2.32. The number of hydrazine groups is 1. The van der Waals surface area contributed by atoms with Gasteiger partial charge in [-0.2, -0.15) is 5.10 Å². The number of carbonyl (C=O) groups excluding carboxylic acids is 2. The van der Waals surface area contributed by atoms with Crippen LogP contribution in [0.2, 0.25) is 10.0 Å². The standard InChI is InChI=1S/C21H20Cl2N4O2/c22-15-9-5-13(6-10-15)20(28)25-24-19-17-3-1-2-4-18(17)26-27(19)21(29)14-7-11-16(23)12-8-14/h5-12,17,19,24H,1-4H2,(H,25,28)/t17-,19+/m0/s1. The third kappa shape index (κ3) is 4.29. The van der Waals surface area contributed by atoms with Crippen LogP contribution < -0.4 is 10.9 Å². The highest BCUT2D eigenvalue weighted by atomic mass is 35.5. The summed E-state index contributed by atoms with van der Waals surface area (Å²) in [6, 6.07) is 13.3. The Kier molecular flexibility index (Phi) is 5.85. The number of halogens is 2. The molecule has 2 aromatic carbocycles. The van der Waals surface area contributed by atoms with Crippen molar-refractivity contribution < 1.29 is 9.59 Å². The minimum Gasteiger partial charge on any atom is -0.285 e. The number of amides is 2. The quantitative estimate of drug-likeness (QED) is 0.711. The van der Waals surface area contributed by atoms with Crippen LogP contribution in [-0.4, -0.2) is 28.7 Å². The largest absolute Gasteiger partial charge is 0.285 e. The molecule has 2 N–H and O–H groups in total. The molecule has 150 valence electrons. The Morgan fingerprint density at radius 2 is 1.55 bits per heavy atom. The average molecular weight is 431 g/mol. The van der Waals surface area contributed by atoms with Gasteiger partial charge in [-0.3, -0.25) is 15.0 Å². The van der Waals surface area contributed by atoms with Crippen molar-refractivity contribution in [2.45, 2.75) is 31.8 Å². The Morgan fingerprint density at radius 1 is 0.931 bits per heavy atom. The highest BCUT2D eigenvalue weighted by Gasteiger charge is 2.41. The first-order valence-corrected chi connectivity index (χ1v) is 10.3. The zero-order chi connectivity index (χ0) is 20.4. The van der Waals surface area contributed by atoms with Crippen LogP contribution in [0.5, 0.6) is 0 Å². The maximum absolute atomic E-state index is 13.1. The van der Waals surface area contributed by atoms with Crippen LogP contribution in [0, 0.1) is 5.92 Å². The molecule has 2 aliphatic rings. The van der Waals surface area contributed by atoms with E-state index in [9.17, 15) is 9.59 Å². The molecule has 29 heavy (non-hydrogen) atoms. The van der Waals surface area contributed by atoms with E-state index in [4.69, 9.17) is 23.2 Å². The lowest BCUT2D eigenvalue weighted by molar-refractivity contribution is 0.0598. The lowest BCUT2D eigenvalue weighted by Crippen LogP contribution is -2.55. The summed E-state index contributed by atoms with van der Waals surface area (Å²) in [4.78, 5) is 25.6. The van der Waals surface area contributed by atoms with Crippen LogP contribution in [0.4, 0.5) is 0 Å². The van der Waals surface area contributed by atoms with E-state index in [1.165, 1.54) is 5.01 Å². The number of rotatable bonds is 4. The fraction of sp³-hybridized carbons (Fsp3) is 0.286. The van der Waals surface area contributed by atoms with Crippen LogP contribution in [0.1, 0.15) is 46.4 Å². The molecule has 2 atom stereocenters. The molecule has 0 unspecified atom stereocenters. The summed E-state index contributed by atoms with van der Waals surface area (Å²) >= 11 is 11.8. The fourth-order valence-corrected chi connectivity index (χ4v) is 3.98. The van der Waals surface area contributed by atoms with Gasteiger partial charge in [0.05, 0.1) is 0 Å². The van der Waals surface area contributed by atoms with Crippen LogP contribution in [-0.2, 0) is 0 Å². The van der Waals surface area contributed by atoms with E-state index in [1.54, 1.807) is 48.5 Å². The minimum atomic E-state index is -0.440. The van der Waals surface area contributed by atoms with Gasteiger partial charge in [-0.25, -0.2) is 10.4 Å². The second-order valence-corrected chi connectivity index (χ2v) is 8.02. The summed E-state index contributed by atoms with van der Waals surface area (Å²) in [6.45, 7) is 0. The number of hydrazone groups is 1. The third-order valence-electron chi connectivity index (χ3n) is 5.25. The number of fused-ring (bicyclic) bond motifs is 1. The van der Waals surface area contributed by atoms with Gasteiger partial charge in [0.2, 0.25) is 0 Å². The van der Waals surface area contributed by atoms with Gasteiger partial charge >= 0.3 is 0 Å². The molecule has 1 aliphatic heterocycles. The van der Waals surface area contributed by atoms with E-state index in [2.05, 4.69) is 16.0 Å². The number of benzene rings is 2. The molecule has 0 bridgehead atoms. The van der Waals surface area contributed by atoms with Gasteiger partial charge in [0.15, 0.2) is 0 Å². The van der Waals surface area contributed by atoms with Crippen molar-refractivity contribution in [3.63, 3.8) is 0 Å². The normalized spacial score (nSPS) is 20.8. The number of carbonyl (C=O) groups is 2. The molecule has 1 heterocycles. The van der Waals surface area contributed by atoms with Gasteiger partial charge in [0.25, 0.3) is 11.8 Å². The SMILES string of the molecule is O=C(NN[C@H]1[C@H]2CCCCC2=NN1C(=O)c1ccc(Cl)cc1)c1ccc(Cl)cc1. The zero-order valence-corrected chi connectivity index (χ0v) is 17.1. The van der Waals surface area contributed by atoms with Gasteiger partial charge in [-0.1, -0.05) is 29.6 Å². The minimum absolute atomic E-state index is 0.0746. The van der Waals surface area contributed by atoms with Gasteiger partial charge < -0.3 is 0 Å². The lowest BCUT2D eigenvalue weighted by atomic mass is 9.86. The Labute approximate surface area is 178 Å². The molecule has 1 saturated carbocycles. The summed E-state index contributed by atoms with van der Waals surface area (Å²) in [7, 11) is 0. The van der Waals surface area contributed by atoms with E-state index in [-0.39, 0.29) is 17.7 Å². The Bertz CT molecular complexity index is 944. The Balaban J connectivity index is 1.52. The maximum atomic E-state index is 13.1. The smallest absolute Gasteiger partial charge is 0.275 e. The van der Waals surface area contributed by atoms with Crippen molar-refractivity contribution >= 4 is 40.7 Å². The molecule has 8 heteroatoms. The first kappa shape index (κ1) is 19.9. The first-order chi connectivity index (χ1) is 14.0. The Hall–Kier alpha value is -2.41. The summed E-state index contributed by atoms with van der Waals surface area (Å²) in [5.41, 5.74) is 7.72. The van der Waals surface area contributed by atoms with Crippen LogP contribution in [0.3, 0.4) is 0 Å². The second kappa shape index (κ2) is 8.53. The highest BCUT2D eigenvalue weighted by molar-refractivity contribution is 6.31. The van der Waals surface area contributed by atoms with Crippen molar-refractivity contribution in [1.82, 2.24) is 15.9 Å². The van der Waals surface area contributed by atoms with E-state index in [1.807, 2.05) is 0 Å². The Morgan fingerprint density at radius 3 is 2.21 bits per heavy atom. The zero-order valence-electron chi connectivity index (χ0n) is 15.6. The molecule has 0 saturated heterocycles. The van der Waals surface area contributed by atoms with Crippen LogP contribution in [0.15, 0.2) is 53.6 Å². The van der Waals surface area contributed by atoms with Crippen molar-refractivity contribution in [2.24, 2.45) is 11.0 Å². The van der Waals surface area contributed by atoms with Gasteiger partial charge in [-0.15, -0.1) is 0 Å². The predicted molar refractivity (Wildman–Crippen MR) is 113 cm³/mol. The average Bonchev–Trinajstić information content (AvgIpc) is 3.11. The number of hydrogen-bond donors (Lipinski definition) is 2. The maximum Gasteiger partial charge on any atom is 0.275 e. The molecular formula is C21H20Cl2N4O2. The second-order valence-electron chi connectivity index (χ2n) is 7.15. The number of nitrogens with one attached hydrogen (secondary N) is 2. The monoisotopic (exact) mass is 430 g/mol. The van der Waals surface area contributed by atoms with Crippen molar-refractivity contribution in [3.05, 3.63) is 69.7 Å². The molecule has 0 aromatic heterocycles. The molecule has 6 nitrogen and oxygen atoms in total. The summed E-state index contributed by atoms with van der Waals surface area (Å²) in [5, 5.41) is 7.15. The summed E-state index contributed by atoms with van der Waals surface area (Å²) < 4.78 is 0. The topological polar surface area (TPSA) is 73.8 Å². The first-order valence-electron chi connectivity index (χ1n) is 9.51. The third-order valence-corrected chi connectivity index (χ3v) is 5.75. The van der Waals surface area contributed by atoms with Gasteiger partial charge in [-0.05, 0) is 67.8 Å². The molecular weight excluding hydrogens is 411 g/mol. The molecule has 2 amide bonds. The van der Waals surface area contributed by atoms with Gasteiger partial charge in [0, 0.05) is 32.8 Å². The van der Waals surface area contributed by atoms with Crippen molar-refractivity contribution in [1.29, 1.82) is 0 Å². The van der Waals surface area contributed by atoms with Crippen LogP contribution >= 0.6 is 23.2 Å². The van der Waals surface area contributed by atoms with Crippen LogP contribution in [0.25, 0.3) is 0 Å². The lowest BCUT2D eigenvalue weighted by Gasteiger charge is -2.29. The van der Waals surface area contributed by atoms with Crippen molar-refractivity contribution in [2.75, 3.05) is 0 Å². The molecule has 4 rings (SSSR count). The summed E-state index contributed by atoms with van der Waals surface area (Å²) in [5.74, 6) is -0.461. The number of hydrogen-bond acceptors (Lipinski definition) is 4. The van der Waals surface area contributed by atoms with Crippen molar-refractivity contribution in [3.8, 4) is 0 Å². The van der Waals surface area contributed by atoms with E-state index in [0.717, 1.165) is 31.4 Å². The molecule has 1 aliphatic carbocycles. The van der Waals surface area contributed by atoms with E-state index >= 15 is 0 Å². The van der Waals surface area contributed by atoms with E-state index < -0.39 is 6.17 Å². The number of nitrogens with zero attached hydrogens (tertiary/aromatic N) is 2. The predicted octanol–water partition coefficient (Wildman–Crippen LogP) is 4.26. The van der Waals surface area contributed by atoms with E-state index in [0.29, 0.717) is 21.2 Å². The fourth-order valence-electron chi connectivity index (χ4n) is 3.73. The summed E-state index contributed by atoms with van der Waals surface area (Å²) in [6.07, 6.45) is 3.46.